The Morgan fingerprint density at radius 3 is 1.00 bits per heavy atom. The summed E-state index contributed by atoms with van der Waals surface area (Å²) in [5, 5.41) is 0. The lowest BCUT2D eigenvalue weighted by molar-refractivity contribution is -0.167. The summed E-state index contributed by atoms with van der Waals surface area (Å²) in [6.45, 7) is 6.46. The molecule has 0 aliphatic carbocycles. The van der Waals surface area contributed by atoms with Crippen LogP contribution < -0.4 is 0 Å². The summed E-state index contributed by atoms with van der Waals surface area (Å²) < 4.78 is 16.8. The van der Waals surface area contributed by atoms with Gasteiger partial charge in [-0.3, -0.25) is 14.4 Å². The van der Waals surface area contributed by atoms with Gasteiger partial charge in [0.2, 0.25) is 0 Å². The summed E-state index contributed by atoms with van der Waals surface area (Å²) in [5.74, 6) is -0.944. The van der Waals surface area contributed by atoms with Gasteiger partial charge in [-0.25, -0.2) is 0 Å². The number of rotatable bonds is 50. The number of allylic oxidation sites excluding steroid dienone is 16. The van der Waals surface area contributed by atoms with Crippen LogP contribution in [0.1, 0.15) is 258 Å². The molecule has 0 saturated carbocycles. The summed E-state index contributed by atoms with van der Waals surface area (Å²) in [4.78, 5) is 38.1. The van der Waals surface area contributed by atoms with Gasteiger partial charge in [-0.2, -0.15) is 0 Å². The lowest BCUT2D eigenvalue weighted by Gasteiger charge is -2.18. The van der Waals surface area contributed by atoms with Gasteiger partial charge in [0.1, 0.15) is 13.2 Å². The van der Waals surface area contributed by atoms with Gasteiger partial charge in [0.05, 0.1) is 0 Å². The molecule has 0 aliphatic rings. The molecule has 6 nitrogen and oxygen atoms in total. The predicted octanol–water partition coefficient (Wildman–Crippen LogP) is 18.9. The molecule has 6 heteroatoms. The highest BCUT2D eigenvalue weighted by Gasteiger charge is 2.19. The maximum absolute atomic E-state index is 12.8. The van der Waals surface area contributed by atoms with Crippen molar-refractivity contribution in [1.29, 1.82) is 0 Å². The van der Waals surface area contributed by atoms with Crippen molar-refractivity contribution in [2.24, 2.45) is 0 Å². The molecule has 388 valence electrons. The molecule has 0 saturated heterocycles. The van der Waals surface area contributed by atoms with Crippen molar-refractivity contribution in [3.8, 4) is 0 Å². The van der Waals surface area contributed by atoms with Crippen molar-refractivity contribution in [3.05, 3.63) is 97.2 Å². The Bertz CT molecular complexity index is 1360. The van der Waals surface area contributed by atoms with E-state index in [9.17, 15) is 14.4 Å². The molecule has 0 spiro atoms. The molecule has 0 rings (SSSR count). The Balaban J connectivity index is 4.49. The first-order valence-corrected chi connectivity index (χ1v) is 28.3. The van der Waals surface area contributed by atoms with Crippen LogP contribution in [0.5, 0.6) is 0 Å². The van der Waals surface area contributed by atoms with E-state index in [0.717, 1.165) is 128 Å². The molecule has 0 aromatic carbocycles. The Hall–Kier alpha value is -3.67. The van der Waals surface area contributed by atoms with Crippen molar-refractivity contribution in [2.45, 2.75) is 264 Å². The fourth-order valence-electron chi connectivity index (χ4n) is 7.66. The van der Waals surface area contributed by atoms with Gasteiger partial charge < -0.3 is 14.2 Å². The van der Waals surface area contributed by atoms with E-state index in [4.69, 9.17) is 14.2 Å². The minimum Gasteiger partial charge on any atom is -0.462 e. The van der Waals surface area contributed by atoms with E-state index in [1.807, 2.05) is 0 Å². The molecule has 1 unspecified atom stereocenters. The Labute approximate surface area is 419 Å². The smallest absolute Gasteiger partial charge is 0.306 e. The number of carbonyl (C=O) groups is 3. The van der Waals surface area contributed by atoms with E-state index < -0.39 is 6.10 Å². The second-order valence-electron chi connectivity index (χ2n) is 18.6. The van der Waals surface area contributed by atoms with E-state index >= 15 is 0 Å². The lowest BCUT2D eigenvalue weighted by Crippen LogP contribution is -2.30. The average Bonchev–Trinajstić information content (AvgIpc) is 3.34. The molecule has 68 heavy (non-hydrogen) atoms. The topological polar surface area (TPSA) is 78.9 Å². The third kappa shape index (κ3) is 53.3. The van der Waals surface area contributed by atoms with Crippen molar-refractivity contribution in [3.63, 3.8) is 0 Å². The second-order valence-corrected chi connectivity index (χ2v) is 18.6. The van der Waals surface area contributed by atoms with Crippen LogP contribution in [0.15, 0.2) is 97.2 Å². The van der Waals surface area contributed by atoms with Gasteiger partial charge in [0.25, 0.3) is 0 Å². The van der Waals surface area contributed by atoms with Gasteiger partial charge in [0.15, 0.2) is 6.10 Å². The minimum absolute atomic E-state index is 0.0978. The SMILES string of the molecule is CC/C=C\C/C=C\CCCCCCCCCC(=O)OCC(COC(=O)CCCCCCC\C=C/C=C\C=C/CCCCCCC)OC(=O)CCCCCCC\C=C/C=C\C=C/CCCCCCC. The molecule has 1 atom stereocenters. The fraction of sp³-hybridized carbons (Fsp3) is 0.694. The quantitative estimate of drug-likeness (QED) is 0.0199. The average molecular weight is 946 g/mol. The third-order valence-electron chi connectivity index (χ3n) is 11.9. The number of carbonyl (C=O) groups excluding carboxylic acids is 3. The van der Waals surface area contributed by atoms with Gasteiger partial charge in [0, 0.05) is 19.3 Å². The van der Waals surface area contributed by atoms with E-state index in [0.29, 0.717) is 19.3 Å². The number of hydrogen-bond acceptors (Lipinski definition) is 6. The van der Waals surface area contributed by atoms with Crippen LogP contribution in [0, 0.1) is 0 Å². The van der Waals surface area contributed by atoms with Crippen LogP contribution in [-0.2, 0) is 28.6 Å². The van der Waals surface area contributed by atoms with Crippen LogP contribution in [0.25, 0.3) is 0 Å². The number of ether oxygens (including phenoxy) is 3. The van der Waals surface area contributed by atoms with Crippen LogP contribution >= 0.6 is 0 Å². The summed E-state index contributed by atoms with van der Waals surface area (Å²) >= 11 is 0. The molecule has 0 bridgehead atoms. The van der Waals surface area contributed by atoms with E-state index in [1.165, 1.54) is 89.9 Å². The number of hydrogen-bond donors (Lipinski definition) is 0. The molecular formula is C62H104O6. The molecule has 0 radical (unpaired) electrons. The second kappa shape index (κ2) is 55.9. The first-order valence-electron chi connectivity index (χ1n) is 28.3. The monoisotopic (exact) mass is 945 g/mol. The standard InChI is InChI=1S/C62H104O6/c1-4-7-10-13-16-19-22-25-28-30-32-34-37-40-43-46-49-52-55-61(64)67-58-59(57-66-60(63)54-51-48-45-42-39-36-27-24-21-18-15-12-9-6-3)68-62(65)56-53-50-47-44-41-38-35-33-31-29-26-23-20-17-14-11-8-5-2/h9,12,18,21-23,25-26,28-35,59H,4-8,10-11,13-17,19-20,24,27,36-58H2,1-3H3/b12-9-,21-18-,25-22-,26-23-,30-28-,31-29-,34-32-,35-33-. The van der Waals surface area contributed by atoms with Crippen molar-refractivity contribution in [2.75, 3.05) is 13.2 Å². The van der Waals surface area contributed by atoms with Gasteiger partial charge >= 0.3 is 17.9 Å². The maximum atomic E-state index is 12.8. The summed E-state index contributed by atoms with van der Waals surface area (Å²) in [6, 6.07) is 0. The van der Waals surface area contributed by atoms with Gasteiger partial charge in [-0.05, 0) is 96.3 Å². The normalized spacial score (nSPS) is 12.8. The number of unbranched alkanes of at least 4 members (excludes halogenated alkanes) is 27. The molecule has 0 aliphatic heterocycles. The fourth-order valence-corrected chi connectivity index (χ4v) is 7.66. The van der Waals surface area contributed by atoms with Crippen molar-refractivity contribution < 1.29 is 28.6 Å². The molecule has 0 aromatic rings. The van der Waals surface area contributed by atoms with Gasteiger partial charge in [-0.15, -0.1) is 0 Å². The molecular weight excluding hydrogens is 841 g/mol. The molecule has 0 aromatic heterocycles. The van der Waals surface area contributed by atoms with E-state index in [1.54, 1.807) is 0 Å². The molecule has 0 amide bonds. The number of esters is 3. The van der Waals surface area contributed by atoms with Crippen molar-refractivity contribution >= 4 is 17.9 Å². The third-order valence-corrected chi connectivity index (χ3v) is 11.9. The van der Waals surface area contributed by atoms with Crippen LogP contribution in [0.4, 0.5) is 0 Å². The highest BCUT2D eigenvalue weighted by atomic mass is 16.6. The van der Waals surface area contributed by atoms with Crippen LogP contribution in [0.2, 0.25) is 0 Å². The van der Waals surface area contributed by atoms with Crippen LogP contribution in [-0.4, -0.2) is 37.2 Å². The zero-order chi connectivity index (χ0) is 49.3. The summed E-state index contributed by atoms with van der Waals surface area (Å²) in [7, 11) is 0. The molecule has 0 heterocycles. The predicted molar refractivity (Wildman–Crippen MR) is 293 cm³/mol. The summed E-state index contributed by atoms with van der Waals surface area (Å²) in [5.41, 5.74) is 0. The van der Waals surface area contributed by atoms with E-state index in [2.05, 4.69) is 118 Å². The van der Waals surface area contributed by atoms with Crippen LogP contribution in [0.3, 0.4) is 0 Å². The zero-order valence-corrected chi connectivity index (χ0v) is 44.3. The highest BCUT2D eigenvalue weighted by molar-refractivity contribution is 5.71. The summed E-state index contributed by atoms with van der Waals surface area (Å²) in [6.07, 6.45) is 73.9. The minimum atomic E-state index is -0.802. The van der Waals surface area contributed by atoms with E-state index in [-0.39, 0.29) is 31.1 Å². The first kappa shape index (κ1) is 64.3. The molecule has 0 fully saturated rings. The first-order chi connectivity index (χ1) is 33.5. The zero-order valence-electron chi connectivity index (χ0n) is 44.3. The van der Waals surface area contributed by atoms with Gasteiger partial charge in [-0.1, -0.05) is 240 Å². The Morgan fingerprint density at radius 2 is 0.632 bits per heavy atom. The lowest BCUT2D eigenvalue weighted by atomic mass is 10.1. The van der Waals surface area contributed by atoms with Crippen molar-refractivity contribution in [1.82, 2.24) is 0 Å². The highest BCUT2D eigenvalue weighted by Crippen LogP contribution is 2.14. The molecule has 0 N–H and O–H groups in total. The Morgan fingerprint density at radius 1 is 0.324 bits per heavy atom. The Kier molecular flexibility index (Phi) is 52.9. The largest absolute Gasteiger partial charge is 0.462 e. The maximum Gasteiger partial charge on any atom is 0.306 e.